The molecular weight excluding hydrogens is 446 g/mol. The molecule has 35 heavy (non-hydrogen) atoms. The molecule has 6 aliphatic heterocycles. The topological polar surface area (TPSA) is 87.4 Å². The van der Waals surface area contributed by atoms with E-state index in [-0.39, 0.29) is 42.4 Å². The summed E-state index contributed by atoms with van der Waals surface area (Å²) < 4.78 is 23.6. The van der Waals surface area contributed by atoms with Gasteiger partial charge in [0.2, 0.25) is 0 Å². The summed E-state index contributed by atoms with van der Waals surface area (Å²) in [5.41, 5.74) is 4.64. The van der Waals surface area contributed by atoms with Gasteiger partial charge in [0.25, 0.3) is 0 Å². The summed E-state index contributed by atoms with van der Waals surface area (Å²) in [6, 6.07) is 10.8. The Morgan fingerprint density at radius 3 is 2.23 bits per heavy atom. The minimum absolute atomic E-state index is 0.0477. The average Bonchev–Trinajstić information content (AvgIpc) is 3.08. The fraction of sp³-hybridized carbons (Fsp3) is 0.519. The summed E-state index contributed by atoms with van der Waals surface area (Å²) in [5, 5.41) is 21.1. The first-order chi connectivity index (χ1) is 17.1. The first-order valence-corrected chi connectivity index (χ1v) is 12.5. The second-order valence-electron chi connectivity index (χ2n) is 10.7. The molecule has 180 valence electrons. The molecule has 2 fully saturated rings. The van der Waals surface area contributed by atoms with E-state index in [0.29, 0.717) is 26.4 Å². The molecular formula is C27H27N3O5. The second-order valence-corrected chi connectivity index (χ2v) is 10.7. The third-order valence-corrected chi connectivity index (χ3v) is 9.14. The van der Waals surface area contributed by atoms with Gasteiger partial charge in [-0.3, -0.25) is 9.80 Å². The molecule has 0 amide bonds. The lowest BCUT2D eigenvalue weighted by Gasteiger charge is -2.65. The van der Waals surface area contributed by atoms with E-state index in [4.69, 9.17) is 18.9 Å². The minimum Gasteiger partial charge on any atom is -0.486 e. The van der Waals surface area contributed by atoms with Crippen LogP contribution in [0.5, 0.6) is 23.0 Å². The molecule has 8 nitrogen and oxygen atoms in total. The Morgan fingerprint density at radius 1 is 0.943 bits per heavy atom. The van der Waals surface area contributed by atoms with E-state index in [1.807, 2.05) is 6.07 Å². The number of hydrogen-bond donors (Lipinski definition) is 1. The van der Waals surface area contributed by atoms with E-state index in [0.717, 1.165) is 47.0 Å². The van der Waals surface area contributed by atoms with Crippen molar-refractivity contribution in [3.05, 3.63) is 46.5 Å². The number of benzene rings is 2. The van der Waals surface area contributed by atoms with Crippen LogP contribution in [0.4, 0.5) is 0 Å². The van der Waals surface area contributed by atoms with E-state index in [2.05, 4.69) is 41.0 Å². The Kier molecular flexibility index (Phi) is 3.94. The fourth-order valence-electron chi connectivity index (χ4n) is 7.82. The molecule has 0 saturated carbocycles. The van der Waals surface area contributed by atoms with E-state index in [9.17, 15) is 10.4 Å². The quantitative estimate of drug-likeness (QED) is 0.676. The molecule has 8 heteroatoms. The van der Waals surface area contributed by atoms with Crippen LogP contribution >= 0.6 is 0 Å². The molecule has 0 bridgehead atoms. The maximum absolute atomic E-state index is 10.7. The number of nitriles is 1. The van der Waals surface area contributed by atoms with Crippen molar-refractivity contribution in [1.29, 1.82) is 5.26 Å². The van der Waals surface area contributed by atoms with Gasteiger partial charge in [0.05, 0.1) is 24.8 Å². The van der Waals surface area contributed by atoms with Gasteiger partial charge in [-0.05, 0) is 66.3 Å². The summed E-state index contributed by atoms with van der Waals surface area (Å²) in [6.45, 7) is 4.43. The third-order valence-electron chi connectivity index (χ3n) is 9.14. The van der Waals surface area contributed by atoms with Gasteiger partial charge >= 0.3 is 0 Å². The fourth-order valence-corrected chi connectivity index (χ4v) is 7.82. The molecule has 1 unspecified atom stereocenters. The Labute approximate surface area is 203 Å². The summed E-state index contributed by atoms with van der Waals surface area (Å²) >= 11 is 0. The van der Waals surface area contributed by atoms with Crippen molar-refractivity contribution in [2.75, 3.05) is 33.0 Å². The molecule has 6 aliphatic rings. The van der Waals surface area contributed by atoms with Gasteiger partial charge in [0.15, 0.2) is 23.0 Å². The predicted molar refractivity (Wildman–Crippen MR) is 124 cm³/mol. The standard InChI is InChI=1S/C27H27N3O5/c1-27-11-19-20(12-28)29-18(6-14-7-22-23(33-3-2-32-22)8-15(14)21(29)13-31)26(30(19)27)16-9-24-25(10-17(16)27)35-5-4-34-24/h7-10,18-21,26,31H,2-6,11,13H2,1H3/t18-,19-,20-,21-,26+,27?/m0/s1. The molecule has 1 N–H and O–H groups in total. The molecule has 2 aromatic rings. The van der Waals surface area contributed by atoms with E-state index in [1.54, 1.807) is 0 Å². The Bertz CT molecular complexity index is 1310. The largest absolute Gasteiger partial charge is 0.486 e. The normalized spacial score (nSPS) is 35.6. The molecule has 0 spiro atoms. The lowest BCUT2D eigenvalue weighted by Crippen LogP contribution is -2.74. The van der Waals surface area contributed by atoms with Gasteiger partial charge in [-0.1, -0.05) is 0 Å². The monoisotopic (exact) mass is 473 g/mol. The van der Waals surface area contributed by atoms with Gasteiger partial charge < -0.3 is 24.1 Å². The van der Waals surface area contributed by atoms with Crippen LogP contribution in [0.3, 0.4) is 0 Å². The van der Waals surface area contributed by atoms with Crippen LogP contribution in [0.15, 0.2) is 24.3 Å². The number of hydrogen-bond acceptors (Lipinski definition) is 8. The van der Waals surface area contributed by atoms with Gasteiger partial charge in [-0.15, -0.1) is 0 Å². The molecule has 0 aliphatic carbocycles. The first-order valence-electron chi connectivity index (χ1n) is 12.5. The molecule has 8 rings (SSSR count). The maximum Gasteiger partial charge on any atom is 0.161 e. The van der Waals surface area contributed by atoms with Crippen molar-refractivity contribution >= 4 is 0 Å². The van der Waals surface area contributed by atoms with Crippen molar-refractivity contribution in [3.63, 3.8) is 0 Å². The zero-order valence-corrected chi connectivity index (χ0v) is 19.6. The summed E-state index contributed by atoms with van der Waals surface area (Å²) in [7, 11) is 0. The summed E-state index contributed by atoms with van der Waals surface area (Å²) in [5.74, 6) is 3.12. The zero-order valence-electron chi connectivity index (χ0n) is 19.6. The predicted octanol–water partition coefficient (Wildman–Crippen LogP) is 2.44. The maximum atomic E-state index is 10.7. The molecule has 2 saturated heterocycles. The molecule has 0 radical (unpaired) electrons. The molecule has 0 aromatic heterocycles. The number of piperazine rings is 1. The lowest BCUT2D eigenvalue weighted by atomic mass is 9.71. The summed E-state index contributed by atoms with van der Waals surface area (Å²) in [6.07, 6.45) is 1.68. The van der Waals surface area contributed by atoms with Crippen LogP contribution in [0.25, 0.3) is 0 Å². The van der Waals surface area contributed by atoms with Crippen molar-refractivity contribution in [1.82, 2.24) is 9.80 Å². The molecule has 2 aromatic carbocycles. The van der Waals surface area contributed by atoms with Crippen molar-refractivity contribution in [2.45, 2.75) is 55.5 Å². The second kappa shape index (κ2) is 6.82. The van der Waals surface area contributed by atoms with Gasteiger partial charge in [0, 0.05) is 17.6 Å². The Morgan fingerprint density at radius 2 is 1.57 bits per heavy atom. The number of ether oxygens (including phenoxy) is 4. The van der Waals surface area contributed by atoms with Crippen LogP contribution in [0.1, 0.15) is 47.7 Å². The van der Waals surface area contributed by atoms with Crippen LogP contribution < -0.4 is 18.9 Å². The van der Waals surface area contributed by atoms with Crippen LogP contribution in [0.2, 0.25) is 0 Å². The Hall–Kier alpha value is -2.99. The number of fused-ring (bicyclic) bond motifs is 8. The van der Waals surface area contributed by atoms with Crippen LogP contribution in [-0.2, 0) is 12.0 Å². The van der Waals surface area contributed by atoms with Gasteiger partial charge in [0.1, 0.15) is 32.5 Å². The number of nitrogens with zero attached hydrogens (tertiary/aromatic N) is 3. The van der Waals surface area contributed by atoms with E-state index in [1.165, 1.54) is 11.1 Å². The first kappa shape index (κ1) is 20.2. The highest BCUT2D eigenvalue weighted by atomic mass is 16.6. The van der Waals surface area contributed by atoms with E-state index < -0.39 is 0 Å². The van der Waals surface area contributed by atoms with Crippen LogP contribution in [-0.4, -0.2) is 66.1 Å². The number of rotatable bonds is 1. The number of aliphatic hydroxyl groups is 1. The highest BCUT2D eigenvalue weighted by Gasteiger charge is 2.67. The summed E-state index contributed by atoms with van der Waals surface area (Å²) in [4.78, 5) is 4.87. The van der Waals surface area contributed by atoms with Crippen molar-refractivity contribution in [2.24, 2.45) is 0 Å². The zero-order chi connectivity index (χ0) is 23.5. The minimum atomic E-state index is -0.292. The lowest BCUT2D eigenvalue weighted by molar-refractivity contribution is -0.182. The average molecular weight is 474 g/mol. The van der Waals surface area contributed by atoms with Gasteiger partial charge in [-0.25, -0.2) is 0 Å². The Balaban J connectivity index is 1.31. The van der Waals surface area contributed by atoms with Crippen LogP contribution in [0, 0.1) is 11.3 Å². The molecule has 6 heterocycles. The highest BCUT2D eigenvalue weighted by Crippen LogP contribution is 2.65. The third kappa shape index (κ3) is 2.41. The van der Waals surface area contributed by atoms with Crippen molar-refractivity contribution in [3.8, 4) is 29.1 Å². The van der Waals surface area contributed by atoms with E-state index >= 15 is 0 Å². The molecule has 6 atom stereocenters. The van der Waals surface area contributed by atoms with Gasteiger partial charge in [-0.2, -0.15) is 5.26 Å². The van der Waals surface area contributed by atoms with Crippen molar-refractivity contribution < 1.29 is 24.1 Å². The number of aliphatic hydroxyl groups excluding tert-OH is 1. The smallest absolute Gasteiger partial charge is 0.161 e. The SMILES string of the molecule is CC12C[C@H]3[C@H](C#N)N4[C@@H](CO)c5cc6c(cc5C[C@H]4[C@@H](c4cc5c(cc41)OCCO5)N32)OCCO6. The highest BCUT2D eigenvalue weighted by molar-refractivity contribution is 5.58.